The molecule has 4 nitrogen and oxygen atoms in total. The third kappa shape index (κ3) is 2.93. The summed E-state index contributed by atoms with van der Waals surface area (Å²) in [7, 11) is 1.30. The topological polar surface area (TPSA) is 57.6 Å². The largest absolute Gasteiger partial charge is 0.289 e. The molecule has 0 aromatic heterocycles. The van der Waals surface area contributed by atoms with Gasteiger partial charge in [-0.1, -0.05) is 6.92 Å². The van der Waals surface area contributed by atoms with Crippen LogP contribution in [-0.2, 0) is 16.1 Å². The number of carbonyl (C=O) groups excluding carboxylic acids is 1. The molecule has 0 saturated heterocycles. The molecule has 0 aliphatic rings. The van der Waals surface area contributed by atoms with Crippen LogP contribution in [0.5, 0.6) is 0 Å². The van der Waals surface area contributed by atoms with Crippen molar-refractivity contribution in [3.05, 3.63) is 0 Å². The van der Waals surface area contributed by atoms with E-state index in [0.29, 0.717) is 12.8 Å². The van der Waals surface area contributed by atoms with Gasteiger partial charge in [-0.15, -0.1) is 0 Å². The van der Waals surface area contributed by atoms with E-state index < -0.39 is 11.3 Å². The minimum Gasteiger partial charge on any atom is -0.289 e. The first-order chi connectivity index (χ1) is 4.59. The Hall–Kier alpha value is -0.420. The van der Waals surface area contributed by atoms with Crippen LogP contribution in [0.4, 0.5) is 0 Å². The lowest BCUT2D eigenvalue weighted by molar-refractivity contribution is -0.125. The minimum absolute atomic E-state index is 0.302. The Kier molecular flexibility index (Phi) is 4.22. The fourth-order valence-electron chi connectivity index (χ4n) is 0.458. The van der Waals surface area contributed by atoms with Crippen molar-refractivity contribution < 1.29 is 13.6 Å². The van der Waals surface area contributed by atoms with Crippen molar-refractivity contribution in [2.24, 2.45) is 0 Å². The van der Waals surface area contributed by atoms with Crippen LogP contribution < -0.4 is 0 Å². The van der Waals surface area contributed by atoms with Crippen LogP contribution in [-0.4, -0.2) is 26.0 Å². The van der Waals surface area contributed by atoms with Crippen molar-refractivity contribution in [2.45, 2.75) is 19.8 Å². The molecular weight excluding hydrogens is 154 g/mol. The molecule has 0 bridgehead atoms. The molecule has 0 saturated carbocycles. The van der Waals surface area contributed by atoms with Crippen molar-refractivity contribution in [3.8, 4) is 0 Å². The molecule has 0 rings (SSSR count). The molecule has 0 aromatic rings. The smallest absolute Gasteiger partial charge is 0.263 e. The number of amides is 1. The van der Waals surface area contributed by atoms with Crippen molar-refractivity contribution in [1.29, 1.82) is 0 Å². The van der Waals surface area contributed by atoms with Gasteiger partial charge in [0.25, 0.3) is 11.3 Å². The summed E-state index contributed by atoms with van der Waals surface area (Å²) in [6.07, 6.45) is 1.02. The molecule has 0 aromatic carbocycles. The molecule has 0 aliphatic heterocycles. The third-order valence-electron chi connectivity index (χ3n) is 1.05. The van der Waals surface area contributed by atoms with Crippen molar-refractivity contribution >= 4 is 17.2 Å². The predicted octanol–water partition coefficient (Wildman–Crippen LogP) is 0.382. The van der Waals surface area contributed by atoms with Gasteiger partial charge in [0.1, 0.15) is 0 Å². The Morgan fingerprint density at radius 2 is 2.20 bits per heavy atom. The van der Waals surface area contributed by atoms with E-state index in [1.165, 1.54) is 7.05 Å². The van der Waals surface area contributed by atoms with Gasteiger partial charge >= 0.3 is 0 Å². The number of hydrogen-bond donors (Lipinski definition) is 1. The fourth-order valence-corrected chi connectivity index (χ4v) is 0.724. The van der Waals surface area contributed by atoms with Crippen LogP contribution in [0.15, 0.2) is 0 Å². The lowest BCUT2D eigenvalue weighted by Gasteiger charge is -2.09. The zero-order valence-electron chi connectivity index (χ0n) is 6.03. The molecule has 0 heterocycles. The highest BCUT2D eigenvalue weighted by atomic mass is 32.2. The van der Waals surface area contributed by atoms with E-state index in [9.17, 15) is 9.00 Å². The monoisotopic (exact) mass is 165 g/mol. The molecule has 1 unspecified atom stereocenters. The van der Waals surface area contributed by atoms with Gasteiger partial charge in [0.15, 0.2) is 0 Å². The summed E-state index contributed by atoms with van der Waals surface area (Å²) >= 11 is -2.16. The molecule has 0 radical (unpaired) electrons. The van der Waals surface area contributed by atoms with E-state index in [4.69, 9.17) is 4.55 Å². The lowest BCUT2D eigenvalue weighted by Crippen LogP contribution is -2.27. The third-order valence-corrected chi connectivity index (χ3v) is 1.72. The molecule has 0 spiro atoms. The molecule has 0 fully saturated rings. The number of hydrogen-bond acceptors (Lipinski definition) is 2. The SMILES string of the molecule is CCCC(=O)N(C)S(=O)O. The number of carbonyl (C=O) groups is 1. The summed E-state index contributed by atoms with van der Waals surface area (Å²) in [5.41, 5.74) is 0. The van der Waals surface area contributed by atoms with Gasteiger partial charge in [-0.3, -0.25) is 9.35 Å². The molecule has 60 valence electrons. The first-order valence-electron chi connectivity index (χ1n) is 2.97. The first kappa shape index (κ1) is 9.58. The summed E-state index contributed by atoms with van der Waals surface area (Å²) in [6.45, 7) is 1.84. The fraction of sp³-hybridized carbons (Fsp3) is 0.800. The highest BCUT2D eigenvalue weighted by Gasteiger charge is 2.10. The van der Waals surface area contributed by atoms with Gasteiger partial charge in [-0.05, 0) is 6.42 Å². The number of rotatable bonds is 3. The Morgan fingerprint density at radius 1 is 1.70 bits per heavy atom. The molecule has 5 heteroatoms. The highest BCUT2D eigenvalue weighted by Crippen LogP contribution is 1.95. The Bertz CT molecular complexity index is 148. The summed E-state index contributed by atoms with van der Waals surface area (Å²) in [5.74, 6) is -0.302. The molecule has 1 amide bonds. The Morgan fingerprint density at radius 3 is 2.50 bits per heavy atom. The van der Waals surface area contributed by atoms with Crippen molar-refractivity contribution in [3.63, 3.8) is 0 Å². The quantitative estimate of drug-likeness (QED) is 0.615. The molecule has 0 aliphatic carbocycles. The van der Waals surface area contributed by atoms with E-state index in [-0.39, 0.29) is 5.91 Å². The zero-order chi connectivity index (χ0) is 8.15. The van der Waals surface area contributed by atoms with Crippen LogP contribution in [0.2, 0.25) is 0 Å². The standard InChI is InChI=1S/C5H11NO3S/c1-3-4-5(7)6(2)10(8)9/h3-4H2,1-2H3,(H,8,9). The Balaban J connectivity index is 3.82. The maximum Gasteiger partial charge on any atom is 0.263 e. The molecular formula is C5H11NO3S. The number of nitrogens with zero attached hydrogens (tertiary/aromatic N) is 1. The van der Waals surface area contributed by atoms with Crippen LogP contribution in [0.25, 0.3) is 0 Å². The normalized spacial score (nSPS) is 12.7. The van der Waals surface area contributed by atoms with Crippen molar-refractivity contribution in [2.75, 3.05) is 7.05 Å². The van der Waals surface area contributed by atoms with E-state index in [2.05, 4.69) is 0 Å². The lowest BCUT2D eigenvalue weighted by atomic mass is 10.3. The Labute approximate surface area is 62.6 Å². The summed E-state index contributed by atoms with van der Waals surface area (Å²) in [4.78, 5) is 10.8. The minimum atomic E-state index is -2.16. The van der Waals surface area contributed by atoms with Gasteiger partial charge in [0, 0.05) is 13.5 Å². The van der Waals surface area contributed by atoms with Gasteiger partial charge < -0.3 is 0 Å². The molecule has 10 heavy (non-hydrogen) atoms. The summed E-state index contributed by atoms with van der Waals surface area (Å²) in [5, 5.41) is 0. The second-order valence-electron chi connectivity index (χ2n) is 1.87. The van der Waals surface area contributed by atoms with Gasteiger partial charge in [-0.25, -0.2) is 8.51 Å². The van der Waals surface area contributed by atoms with Gasteiger partial charge in [0.2, 0.25) is 5.91 Å². The van der Waals surface area contributed by atoms with Gasteiger partial charge in [-0.2, -0.15) is 0 Å². The summed E-state index contributed by atoms with van der Waals surface area (Å²) < 4.78 is 19.4. The highest BCUT2D eigenvalue weighted by molar-refractivity contribution is 7.77. The first-order valence-corrected chi connectivity index (χ1v) is 4.03. The second-order valence-corrected chi connectivity index (χ2v) is 2.88. The molecule has 1 atom stereocenters. The van der Waals surface area contributed by atoms with Crippen LogP contribution >= 0.6 is 0 Å². The maximum absolute atomic E-state index is 10.8. The van der Waals surface area contributed by atoms with E-state index >= 15 is 0 Å². The van der Waals surface area contributed by atoms with Gasteiger partial charge in [0.05, 0.1) is 0 Å². The van der Waals surface area contributed by atoms with Crippen LogP contribution in [0.3, 0.4) is 0 Å². The van der Waals surface area contributed by atoms with Crippen molar-refractivity contribution in [1.82, 2.24) is 4.31 Å². The average Bonchev–Trinajstić information content (AvgIpc) is 1.87. The summed E-state index contributed by atoms with van der Waals surface area (Å²) in [6, 6.07) is 0. The van der Waals surface area contributed by atoms with E-state index in [0.717, 1.165) is 4.31 Å². The van der Waals surface area contributed by atoms with E-state index in [1.54, 1.807) is 0 Å². The maximum atomic E-state index is 10.8. The zero-order valence-corrected chi connectivity index (χ0v) is 6.85. The van der Waals surface area contributed by atoms with Crippen LogP contribution in [0.1, 0.15) is 19.8 Å². The van der Waals surface area contributed by atoms with E-state index in [1.807, 2.05) is 6.92 Å². The second kappa shape index (κ2) is 4.40. The molecule has 1 N–H and O–H groups in total. The average molecular weight is 165 g/mol. The predicted molar refractivity (Wildman–Crippen MR) is 38.4 cm³/mol. The van der Waals surface area contributed by atoms with Crippen LogP contribution in [0, 0.1) is 0 Å².